The zero-order valence-electron chi connectivity index (χ0n) is 13.1. The fraction of sp³-hybridized carbons (Fsp3) is 0.733. The van der Waals surface area contributed by atoms with Crippen LogP contribution in [0.1, 0.15) is 44.7 Å². The zero-order valence-corrected chi connectivity index (χ0v) is 14.0. The summed E-state index contributed by atoms with van der Waals surface area (Å²) in [6, 6.07) is 1.81. The molecular weight excluding hydrogens is 286 g/mol. The highest BCUT2D eigenvalue weighted by Crippen LogP contribution is 2.22. The third-order valence-corrected chi connectivity index (χ3v) is 5.98. The van der Waals surface area contributed by atoms with Crippen molar-refractivity contribution in [2.24, 2.45) is 0 Å². The van der Waals surface area contributed by atoms with Crippen molar-refractivity contribution in [1.29, 1.82) is 0 Å². The van der Waals surface area contributed by atoms with Crippen LogP contribution >= 0.6 is 0 Å². The van der Waals surface area contributed by atoms with Gasteiger partial charge in [0.15, 0.2) is 0 Å². The summed E-state index contributed by atoms with van der Waals surface area (Å²) in [6.07, 6.45) is 7.21. The first-order valence-corrected chi connectivity index (χ1v) is 9.37. The number of hydrogen-bond donors (Lipinski definition) is 1. The third-order valence-electron chi connectivity index (χ3n) is 4.11. The van der Waals surface area contributed by atoms with Crippen LogP contribution in [0, 0.1) is 0 Å². The Morgan fingerprint density at radius 3 is 2.33 bits per heavy atom. The van der Waals surface area contributed by atoms with Crippen molar-refractivity contribution >= 4 is 10.0 Å². The van der Waals surface area contributed by atoms with Gasteiger partial charge in [-0.3, -0.25) is 0 Å². The lowest BCUT2D eigenvalue weighted by atomic mass is 10.1. The second kappa shape index (κ2) is 7.42. The predicted molar refractivity (Wildman–Crippen MR) is 84.7 cm³/mol. The van der Waals surface area contributed by atoms with Crippen LogP contribution in [-0.2, 0) is 23.1 Å². The second-order valence-electron chi connectivity index (χ2n) is 5.66. The first-order chi connectivity index (χ1) is 10.1. The number of sulfonamides is 1. The van der Waals surface area contributed by atoms with Gasteiger partial charge in [-0.2, -0.15) is 4.31 Å². The van der Waals surface area contributed by atoms with E-state index in [-0.39, 0.29) is 0 Å². The van der Waals surface area contributed by atoms with E-state index in [1.807, 2.05) is 24.6 Å². The highest BCUT2D eigenvalue weighted by Gasteiger charge is 2.26. The Bertz CT molecular complexity index is 543. The molecule has 5 nitrogen and oxygen atoms in total. The number of aryl methyl sites for hydroxylation is 1. The van der Waals surface area contributed by atoms with Crippen LogP contribution in [0.4, 0.5) is 0 Å². The van der Waals surface area contributed by atoms with Crippen LogP contribution in [0.5, 0.6) is 0 Å². The quantitative estimate of drug-likeness (QED) is 0.906. The molecule has 2 heterocycles. The molecule has 2 rings (SSSR count). The molecule has 120 valence electrons. The second-order valence-corrected chi connectivity index (χ2v) is 7.59. The minimum Gasteiger partial charge on any atom is -0.349 e. The van der Waals surface area contributed by atoms with E-state index in [1.54, 1.807) is 10.5 Å². The van der Waals surface area contributed by atoms with E-state index in [4.69, 9.17) is 0 Å². The van der Waals surface area contributed by atoms with Crippen LogP contribution < -0.4 is 5.32 Å². The Morgan fingerprint density at radius 1 is 1.14 bits per heavy atom. The Balaban J connectivity index is 2.25. The summed E-state index contributed by atoms with van der Waals surface area (Å²) in [7, 11) is -1.47. The molecule has 0 saturated carbocycles. The van der Waals surface area contributed by atoms with Gasteiger partial charge in [-0.05, 0) is 32.9 Å². The minimum absolute atomic E-state index is 0.440. The van der Waals surface area contributed by atoms with Crippen LogP contribution in [0.3, 0.4) is 0 Å². The molecule has 1 aromatic rings. The summed E-state index contributed by atoms with van der Waals surface area (Å²) >= 11 is 0. The molecule has 1 aliphatic heterocycles. The lowest BCUT2D eigenvalue weighted by Crippen LogP contribution is -2.33. The number of nitrogens with one attached hydrogen (secondary N) is 1. The SMILES string of the molecule is CCn1cc(S(=O)(=O)N2CCCCCCC2)cc1CNC. The lowest BCUT2D eigenvalue weighted by molar-refractivity contribution is 0.364. The zero-order chi connectivity index (χ0) is 15.3. The van der Waals surface area contributed by atoms with Gasteiger partial charge in [-0.25, -0.2) is 8.42 Å². The minimum atomic E-state index is -3.35. The van der Waals surface area contributed by atoms with Crippen molar-refractivity contribution in [3.63, 3.8) is 0 Å². The van der Waals surface area contributed by atoms with Crippen molar-refractivity contribution in [2.75, 3.05) is 20.1 Å². The Kier molecular flexibility index (Phi) is 5.84. The Hall–Kier alpha value is -0.850. The molecule has 1 saturated heterocycles. The van der Waals surface area contributed by atoms with E-state index in [9.17, 15) is 8.42 Å². The Labute approximate surface area is 128 Å². The average Bonchev–Trinajstić information content (AvgIpc) is 2.82. The van der Waals surface area contributed by atoms with Crippen LogP contribution in [0.25, 0.3) is 0 Å². The normalized spacial score (nSPS) is 18.4. The van der Waals surface area contributed by atoms with Gasteiger partial charge in [-0.15, -0.1) is 0 Å². The van der Waals surface area contributed by atoms with Crippen molar-refractivity contribution < 1.29 is 8.42 Å². The number of hydrogen-bond acceptors (Lipinski definition) is 3. The Morgan fingerprint density at radius 2 is 1.76 bits per heavy atom. The molecular formula is C15H27N3O2S. The maximum absolute atomic E-state index is 12.8. The number of rotatable bonds is 5. The summed E-state index contributed by atoms with van der Waals surface area (Å²) < 4.78 is 29.3. The molecule has 6 heteroatoms. The first-order valence-electron chi connectivity index (χ1n) is 7.93. The van der Waals surface area contributed by atoms with Crippen molar-refractivity contribution in [1.82, 2.24) is 14.2 Å². The highest BCUT2D eigenvalue weighted by atomic mass is 32.2. The van der Waals surface area contributed by atoms with Gasteiger partial charge in [-0.1, -0.05) is 19.3 Å². The lowest BCUT2D eigenvalue weighted by Gasteiger charge is -2.23. The molecule has 1 aromatic heterocycles. The molecule has 0 amide bonds. The van der Waals surface area contributed by atoms with E-state index in [0.29, 0.717) is 24.5 Å². The molecule has 0 bridgehead atoms. The van der Waals surface area contributed by atoms with Crippen LogP contribution in [0.15, 0.2) is 17.2 Å². The van der Waals surface area contributed by atoms with E-state index >= 15 is 0 Å². The highest BCUT2D eigenvalue weighted by molar-refractivity contribution is 7.89. The number of aromatic nitrogens is 1. The fourth-order valence-electron chi connectivity index (χ4n) is 2.90. The maximum atomic E-state index is 12.8. The van der Waals surface area contributed by atoms with Crippen LogP contribution in [-0.4, -0.2) is 37.4 Å². The third kappa shape index (κ3) is 3.87. The fourth-order valence-corrected chi connectivity index (χ4v) is 4.48. The van der Waals surface area contributed by atoms with Gasteiger partial charge in [0.2, 0.25) is 10.0 Å². The molecule has 1 aliphatic rings. The molecule has 0 unspecified atom stereocenters. The van der Waals surface area contributed by atoms with Crippen molar-refractivity contribution in [3.8, 4) is 0 Å². The van der Waals surface area contributed by atoms with Gasteiger partial charge in [0.25, 0.3) is 0 Å². The largest absolute Gasteiger partial charge is 0.349 e. The monoisotopic (exact) mass is 313 g/mol. The standard InChI is InChI=1S/C15H27N3O2S/c1-3-17-13-15(11-14(17)12-16-2)21(19,20)18-9-7-5-4-6-8-10-18/h11,13,16H,3-10,12H2,1-2H3. The summed E-state index contributed by atoms with van der Waals surface area (Å²) in [5.74, 6) is 0. The average molecular weight is 313 g/mol. The smallest absolute Gasteiger partial charge is 0.244 e. The molecule has 0 atom stereocenters. The molecule has 1 N–H and O–H groups in total. The molecule has 0 radical (unpaired) electrons. The van der Waals surface area contributed by atoms with E-state index in [0.717, 1.165) is 37.9 Å². The maximum Gasteiger partial charge on any atom is 0.244 e. The summed E-state index contributed by atoms with van der Waals surface area (Å²) in [5.41, 5.74) is 1.02. The first kappa shape index (κ1) is 16.5. The topological polar surface area (TPSA) is 54.3 Å². The van der Waals surface area contributed by atoms with Gasteiger partial charge in [0.1, 0.15) is 4.90 Å². The molecule has 1 fully saturated rings. The summed E-state index contributed by atoms with van der Waals surface area (Å²) in [6.45, 7) is 4.81. The molecule has 0 aromatic carbocycles. The van der Waals surface area contributed by atoms with Crippen LogP contribution in [0.2, 0.25) is 0 Å². The molecule has 0 aliphatic carbocycles. The number of nitrogens with zero attached hydrogens (tertiary/aromatic N) is 2. The van der Waals surface area contributed by atoms with Gasteiger partial charge in [0, 0.05) is 38.1 Å². The molecule has 0 spiro atoms. The summed E-state index contributed by atoms with van der Waals surface area (Å²) in [4.78, 5) is 0.440. The summed E-state index contributed by atoms with van der Waals surface area (Å²) in [5, 5.41) is 3.09. The predicted octanol–water partition coefficient (Wildman–Crippen LogP) is 2.18. The van der Waals surface area contributed by atoms with Gasteiger partial charge < -0.3 is 9.88 Å². The van der Waals surface area contributed by atoms with E-state index in [2.05, 4.69) is 5.32 Å². The van der Waals surface area contributed by atoms with E-state index in [1.165, 1.54) is 6.42 Å². The van der Waals surface area contributed by atoms with E-state index < -0.39 is 10.0 Å². The van der Waals surface area contributed by atoms with Crippen molar-refractivity contribution in [2.45, 2.75) is 57.0 Å². The van der Waals surface area contributed by atoms with Crippen molar-refractivity contribution in [3.05, 3.63) is 18.0 Å². The van der Waals surface area contributed by atoms with Gasteiger partial charge >= 0.3 is 0 Å². The van der Waals surface area contributed by atoms with Gasteiger partial charge in [0.05, 0.1) is 0 Å². The molecule has 21 heavy (non-hydrogen) atoms.